The van der Waals surface area contributed by atoms with Crippen molar-refractivity contribution >= 4 is 6.09 Å². The van der Waals surface area contributed by atoms with Gasteiger partial charge in [0, 0.05) is 19.6 Å². The van der Waals surface area contributed by atoms with Crippen LogP contribution in [0.2, 0.25) is 0 Å². The number of nitrogens with zero attached hydrogens (tertiary/aromatic N) is 1. The number of hydrogen-bond acceptors (Lipinski definition) is 3. The SMILES string of the molecule is CCOC(=O)N(C)CC1CC(N)C1. The third-order valence-corrected chi connectivity index (χ3v) is 2.38. The molecule has 0 heterocycles. The van der Waals surface area contributed by atoms with Gasteiger partial charge in [0.15, 0.2) is 0 Å². The molecule has 0 unspecified atom stereocenters. The second kappa shape index (κ2) is 4.46. The Morgan fingerprint density at radius 2 is 2.23 bits per heavy atom. The lowest BCUT2D eigenvalue weighted by atomic mass is 9.81. The van der Waals surface area contributed by atoms with Crippen molar-refractivity contribution in [1.82, 2.24) is 4.90 Å². The van der Waals surface area contributed by atoms with E-state index in [2.05, 4.69) is 0 Å². The number of hydrogen-bond donors (Lipinski definition) is 1. The van der Waals surface area contributed by atoms with E-state index in [1.165, 1.54) is 0 Å². The van der Waals surface area contributed by atoms with E-state index < -0.39 is 0 Å². The number of ether oxygens (including phenoxy) is 1. The summed E-state index contributed by atoms with van der Waals surface area (Å²) in [6, 6.07) is 0.348. The number of nitrogens with two attached hydrogens (primary N) is 1. The van der Waals surface area contributed by atoms with Crippen molar-refractivity contribution in [3.63, 3.8) is 0 Å². The van der Waals surface area contributed by atoms with Crippen LogP contribution in [0.3, 0.4) is 0 Å². The molecule has 0 aromatic carbocycles. The lowest BCUT2D eigenvalue weighted by Gasteiger charge is -2.34. The third-order valence-electron chi connectivity index (χ3n) is 2.38. The van der Waals surface area contributed by atoms with Gasteiger partial charge in [0.2, 0.25) is 0 Å². The summed E-state index contributed by atoms with van der Waals surface area (Å²) in [5, 5.41) is 0. The molecule has 4 nitrogen and oxygen atoms in total. The minimum absolute atomic E-state index is 0.233. The Labute approximate surface area is 79.0 Å². The molecule has 76 valence electrons. The zero-order valence-corrected chi connectivity index (χ0v) is 8.32. The Balaban J connectivity index is 2.17. The van der Waals surface area contributed by atoms with E-state index in [9.17, 15) is 4.79 Å². The maximum Gasteiger partial charge on any atom is 0.409 e. The van der Waals surface area contributed by atoms with Gasteiger partial charge in [-0.15, -0.1) is 0 Å². The average Bonchev–Trinajstić information content (AvgIpc) is 2.02. The predicted molar refractivity (Wildman–Crippen MR) is 50.4 cm³/mol. The molecule has 0 aromatic heterocycles. The summed E-state index contributed by atoms with van der Waals surface area (Å²) < 4.78 is 4.86. The van der Waals surface area contributed by atoms with Crippen molar-refractivity contribution in [3.05, 3.63) is 0 Å². The van der Waals surface area contributed by atoms with Gasteiger partial charge in [-0.1, -0.05) is 0 Å². The van der Waals surface area contributed by atoms with Crippen molar-refractivity contribution < 1.29 is 9.53 Å². The number of carbonyl (C=O) groups is 1. The summed E-state index contributed by atoms with van der Waals surface area (Å²) in [6.45, 7) is 3.02. The Hall–Kier alpha value is -0.770. The van der Waals surface area contributed by atoms with Gasteiger partial charge >= 0.3 is 6.09 Å². The largest absolute Gasteiger partial charge is 0.450 e. The summed E-state index contributed by atoms with van der Waals surface area (Å²) in [6.07, 6.45) is 1.83. The molecule has 13 heavy (non-hydrogen) atoms. The lowest BCUT2D eigenvalue weighted by molar-refractivity contribution is 0.100. The second-order valence-electron chi connectivity index (χ2n) is 3.68. The van der Waals surface area contributed by atoms with E-state index in [1.807, 2.05) is 6.92 Å². The Morgan fingerprint density at radius 1 is 1.62 bits per heavy atom. The van der Waals surface area contributed by atoms with E-state index in [-0.39, 0.29) is 6.09 Å². The fourth-order valence-electron chi connectivity index (χ4n) is 1.63. The summed E-state index contributed by atoms with van der Waals surface area (Å²) in [5.41, 5.74) is 5.64. The highest BCUT2D eigenvalue weighted by Crippen LogP contribution is 2.25. The van der Waals surface area contributed by atoms with Crippen molar-refractivity contribution in [2.75, 3.05) is 20.2 Å². The molecule has 0 saturated heterocycles. The van der Waals surface area contributed by atoms with Gasteiger partial charge in [0.05, 0.1) is 6.61 Å². The highest BCUT2D eigenvalue weighted by molar-refractivity contribution is 5.67. The van der Waals surface area contributed by atoms with Crippen molar-refractivity contribution in [3.8, 4) is 0 Å². The van der Waals surface area contributed by atoms with Crippen LogP contribution in [0, 0.1) is 5.92 Å². The summed E-state index contributed by atoms with van der Waals surface area (Å²) >= 11 is 0. The van der Waals surface area contributed by atoms with Crippen molar-refractivity contribution in [2.24, 2.45) is 11.7 Å². The molecular weight excluding hydrogens is 168 g/mol. The quantitative estimate of drug-likeness (QED) is 0.709. The van der Waals surface area contributed by atoms with E-state index in [0.29, 0.717) is 18.6 Å². The summed E-state index contributed by atoms with van der Waals surface area (Å²) in [4.78, 5) is 12.8. The first kappa shape index (κ1) is 10.3. The van der Waals surface area contributed by atoms with Crippen LogP contribution in [0.5, 0.6) is 0 Å². The predicted octanol–water partition coefficient (Wildman–Crippen LogP) is 0.812. The van der Waals surface area contributed by atoms with E-state index in [4.69, 9.17) is 10.5 Å². The van der Waals surface area contributed by atoms with Gasteiger partial charge < -0.3 is 15.4 Å². The number of carbonyl (C=O) groups excluding carboxylic acids is 1. The van der Waals surface area contributed by atoms with Crippen LogP contribution in [0.25, 0.3) is 0 Å². The van der Waals surface area contributed by atoms with Crippen LogP contribution in [-0.2, 0) is 4.74 Å². The van der Waals surface area contributed by atoms with Crippen LogP contribution in [0.15, 0.2) is 0 Å². The lowest BCUT2D eigenvalue weighted by Crippen LogP contribution is -2.43. The zero-order chi connectivity index (χ0) is 9.84. The maximum atomic E-state index is 11.2. The molecule has 1 fully saturated rings. The molecule has 1 rings (SSSR count). The normalized spacial score (nSPS) is 26.4. The molecule has 1 amide bonds. The molecule has 2 N–H and O–H groups in total. The molecule has 1 aliphatic rings. The molecule has 1 aliphatic carbocycles. The zero-order valence-electron chi connectivity index (χ0n) is 8.32. The van der Waals surface area contributed by atoms with Crippen LogP contribution in [-0.4, -0.2) is 37.2 Å². The molecule has 0 atom stereocenters. The van der Waals surface area contributed by atoms with Gasteiger partial charge in [-0.2, -0.15) is 0 Å². The van der Waals surface area contributed by atoms with Crippen LogP contribution in [0.1, 0.15) is 19.8 Å². The minimum atomic E-state index is -0.233. The van der Waals surface area contributed by atoms with E-state index in [0.717, 1.165) is 19.4 Å². The van der Waals surface area contributed by atoms with E-state index >= 15 is 0 Å². The van der Waals surface area contributed by atoms with Gasteiger partial charge in [-0.25, -0.2) is 4.79 Å². The van der Waals surface area contributed by atoms with Gasteiger partial charge in [0.25, 0.3) is 0 Å². The molecule has 0 spiro atoms. The highest BCUT2D eigenvalue weighted by atomic mass is 16.5. The molecular formula is C9H18N2O2. The average molecular weight is 186 g/mol. The molecule has 1 saturated carbocycles. The topological polar surface area (TPSA) is 55.6 Å². The molecule has 0 radical (unpaired) electrons. The standard InChI is InChI=1S/C9H18N2O2/c1-3-13-9(12)11(2)6-7-4-8(10)5-7/h7-8H,3-6,10H2,1-2H3. The molecule has 0 bridgehead atoms. The summed E-state index contributed by atoms with van der Waals surface area (Å²) in [5.74, 6) is 0.574. The molecule has 0 aliphatic heterocycles. The first-order chi connectivity index (χ1) is 6.13. The highest BCUT2D eigenvalue weighted by Gasteiger charge is 2.28. The van der Waals surface area contributed by atoms with Gasteiger partial charge in [-0.05, 0) is 25.7 Å². The van der Waals surface area contributed by atoms with Crippen LogP contribution < -0.4 is 5.73 Å². The minimum Gasteiger partial charge on any atom is -0.450 e. The summed E-state index contributed by atoms with van der Waals surface area (Å²) in [7, 11) is 1.77. The fraction of sp³-hybridized carbons (Fsp3) is 0.889. The molecule has 4 heteroatoms. The Morgan fingerprint density at radius 3 is 2.69 bits per heavy atom. The first-order valence-electron chi connectivity index (χ1n) is 4.77. The fourth-order valence-corrected chi connectivity index (χ4v) is 1.63. The van der Waals surface area contributed by atoms with Gasteiger partial charge in [-0.3, -0.25) is 0 Å². The van der Waals surface area contributed by atoms with E-state index in [1.54, 1.807) is 11.9 Å². The van der Waals surface area contributed by atoms with Crippen LogP contribution >= 0.6 is 0 Å². The van der Waals surface area contributed by atoms with Crippen molar-refractivity contribution in [1.29, 1.82) is 0 Å². The van der Waals surface area contributed by atoms with Crippen molar-refractivity contribution in [2.45, 2.75) is 25.8 Å². The Kier molecular flexibility index (Phi) is 3.54. The first-order valence-corrected chi connectivity index (χ1v) is 4.77. The second-order valence-corrected chi connectivity index (χ2v) is 3.68. The molecule has 0 aromatic rings. The maximum absolute atomic E-state index is 11.2. The number of rotatable bonds is 3. The third kappa shape index (κ3) is 2.88. The Bertz CT molecular complexity index is 178. The van der Waals surface area contributed by atoms with Crippen LogP contribution in [0.4, 0.5) is 4.79 Å². The smallest absolute Gasteiger partial charge is 0.409 e. The van der Waals surface area contributed by atoms with Gasteiger partial charge in [0.1, 0.15) is 0 Å². The number of amides is 1. The monoisotopic (exact) mass is 186 g/mol.